The van der Waals surface area contributed by atoms with Crippen LogP contribution in [0.4, 0.5) is 5.69 Å². The van der Waals surface area contributed by atoms with Gasteiger partial charge in [0.2, 0.25) is 0 Å². The zero-order valence-corrected chi connectivity index (χ0v) is 8.55. The lowest BCUT2D eigenvalue weighted by atomic mass is 10.1. The third kappa shape index (κ3) is 3.07. The molecular formula is C11H17NO. The average Bonchev–Trinajstić information content (AvgIpc) is 2.09. The molecule has 0 aliphatic rings. The molecular weight excluding hydrogens is 162 g/mol. The number of nitrogens with one attached hydrogen (secondary N) is 1. The summed E-state index contributed by atoms with van der Waals surface area (Å²) in [6.45, 7) is 5.82. The number of methoxy groups -OCH3 is 1. The van der Waals surface area contributed by atoms with Crippen LogP contribution in [0, 0.1) is 13.8 Å². The summed E-state index contributed by atoms with van der Waals surface area (Å²) in [4.78, 5) is 0. The Labute approximate surface area is 79.9 Å². The molecule has 1 aromatic carbocycles. The van der Waals surface area contributed by atoms with Crippen LogP contribution >= 0.6 is 0 Å². The van der Waals surface area contributed by atoms with Crippen molar-refractivity contribution in [3.63, 3.8) is 0 Å². The Kier molecular flexibility index (Phi) is 3.77. The number of rotatable bonds is 4. The fraction of sp³-hybridized carbons (Fsp3) is 0.455. The molecule has 1 aromatic rings. The van der Waals surface area contributed by atoms with E-state index in [-0.39, 0.29) is 0 Å². The smallest absolute Gasteiger partial charge is 0.0635 e. The van der Waals surface area contributed by atoms with Crippen molar-refractivity contribution in [3.05, 3.63) is 29.3 Å². The zero-order chi connectivity index (χ0) is 9.68. The highest BCUT2D eigenvalue weighted by Gasteiger charge is 1.96. The van der Waals surface area contributed by atoms with E-state index in [0.29, 0.717) is 0 Å². The van der Waals surface area contributed by atoms with Crippen molar-refractivity contribution in [2.45, 2.75) is 13.8 Å². The summed E-state index contributed by atoms with van der Waals surface area (Å²) >= 11 is 0. The van der Waals surface area contributed by atoms with Gasteiger partial charge >= 0.3 is 0 Å². The molecule has 0 heterocycles. The highest BCUT2D eigenvalue weighted by molar-refractivity contribution is 5.51. The second-order valence-electron chi connectivity index (χ2n) is 3.24. The Morgan fingerprint density at radius 1 is 1.31 bits per heavy atom. The van der Waals surface area contributed by atoms with Crippen molar-refractivity contribution in [1.29, 1.82) is 0 Å². The molecule has 0 aliphatic heterocycles. The van der Waals surface area contributed by atoms with Crippen LogP contribution in [-0.2, 0) is 4.74 Å². The van der Waals surface area contributed by atoms with Gasteiger partial charge < -0.3 is 10.1 Å². The molecule has 1 rings (SSSR count). The highest BCUT2D eigenvalue weighted by atomic mass is 16.5. The molecule has 0 aromatic heterocycles. The fourth-order valence-corrected chi connectivity index (χ4v) is 1.30. The van der Waals surface area contributed by atoms with Gasteiger partial charge in [-0.3, -0.25) is 0 Å². The summed E-state index contributed by atoms with van der Waals surface area (Å²) in [5, 5.41) is 3.32. The Hall–Kier alpha value is -1.02. The van der Waals surface area contributed by atoms with Crippen molar-refractivity contribution in [2.24, 2.45) is 0 Å². The second-order valence-corrected chi connectivity index (χ2v) is 3.24. The molecule has 0 amide bonds. The first-order chi connectivity index (χ1) is 6.24. The fourth-order valence-electron chi connectivity index (χ4n) is 1.30. The van der Waals surface area contributed by atoms with Crippen LogP contribution < -0.4 is 5.32 Å². The molecule has 72 valence electrons. The molecule has 0 unspecified atom stereocenters. The van der Waals surface area contributed by atoms with Crippen molar-refractivity contribution in [2.75, 3.05) is 25.6 Å². The Morgan fingerprint density at radius 3 is 2.69 bits per heavy atom. The summed E-state index contributed by atoms with van der Waals surface area (Å²) < 4.78 is 4.96. The summed E-state index contributed by atoms with van der Waals surface area (Å²) in [5.41, 5.74) is 3.79. The predicted molar refractivity (Wildman–Crippen MR) is 56.3 cm³/mol. The van der Waals surface area contributed by atoms with E-state index in [1.807, 2.05) is 0 Å². The molecule has 2 nitrogen and oxygen atoms in total. The van der Waals surface area contributed by atoms with Gasteiger partial charge in [0.15, 0.2) is 0 Å². The summed E-state index contributed by atoms with van der Waals surface area (Å²) in [7, 11) is 1.71. The molecule has 0 atom stereocenters. The number of benzene rings is 1. The van der Waals surface area contributed by atoms with E-state index in [9.17, 15) is 0 Å². The minimum Gasteiger partial charge on any atom is -0.383 e. The van der Waals surface area contributed by atoms with Gasteiger partial charge in [-0.15, -0.1) is 0 Å². The molecule has 0 aliphatic carbocycles. The largest absolute Gasteiger partial charge is 0.383 e. The molecule has 0 saturated heterocycles. The maximum Gasteiger partial charge on any atom is 0.0635 e. The van der Waals surface area contributed by atoms with Gasteiger partial charge in [-0.25, -0.2) is 0 Å². The first kappa shape index (κ1) is 10.1. The van der Waals surface area contributed by atoms with Crippen LogP contribution in [0.3, 0.4) is 0 Å². The first-order valence-corrected chi connectivity index (χ1v) is 4.54. The number of aryl methyl sites for hydroxylation is 2. The number of anilines is 1. The van der Waals surface area contributed by atoms with Gasteiger partial charge in [0, 0.05) is 19.3 Å². The SMILES string of the molecule is COCCNc1ccc(C)cc1C. The van der Waals surface area contributed by atoms with E-state index in [4.69, 9.17) is 4.74 Å². The van der Waals surface area contributed by atoms with E-state index >= 15 is 0 Å². The Bertz CT molecular complexity index is 271. The van der Waals surface area contributed by atoms with Gasteiger partial charge in [-0.05, 0) is 25.5 Å². The van der Waals surface area contributed by atoms with Gasteiger partial charge in [0.25, 0.3) is 0 Å². The molecule has 13 heavy (non-hydrogen) atoms. The number of hydrogen-bond donors (Lipinski definition) is 1. The monoisotopic (exact) mass is 179 g/mol. The third-order valence-electron chi connectivity index (χ3n) is 2.00. The van der Waals surface area contributed by atoms with Crippen molar-refractivity contribution < 1.29 is 4.74 Å². The maximum atomic E-state index is 4.96. The van der Waals surface area contributed by atoms with Crippen LogP contribution in [0.15, 0.2) is 18.2 Å². The lowest BCUT2D eigenvalue weighted by Crippen LogP contribution is -2.08. The third-order valence-corrected chi connectivity index (χ3v) is 2.00. The average molecular weight is 179 g/mol. The van der Waals surface area contributed by atoms with Gasteiger partial charge in [0.05, 0.1) is 6.61 Å². The molecule has 2 heteroatoms. The van der Waals surface area contributed by atoms with Crippen LogP contribution in [0.2, 0.25) is 0 Å². The van der Waals surface area contributed by atoms with E-state index in [1.54, 1.807) is 7.11 Å². The van der Waals surface area contributed by atoms with E-state index in [1.165, 1.54) is 16.8 Å². The van der Waals surface area contributed by atoms with Crippen molar-refractivity contribution in [3.8, 4) is 0 Å². The standard InChI is InChI=1S/C11H17NO/c1-9-4-5-11(10(2)8-9)12-6-7-13-3/h4-5,8,12H,6-7H2,1-3H3. The van der Waals surface area contributed by atoms with E-state index in [2.05, 4.69) is 37.4 Å². The van der Waals surface area contributed by atoms with Crippen LogP contribution in [0.5, 0.6) is 0 Å². The second kappa shape index (κ2) is 4.87. The highest BCUT2D eigenvalue weighted by Crippen LogP contribution is 2.15. The molecule has 0 bridgehead atoms. The topological polar surface area (TPSA) is 21.3 Å². The zero-order valence-electron chi connectivity index (χ0n) is 8.55. The van der Waals surface area contributed by atoms with Crippen LogP contribution in [0.25, 0.3) is 0 Å². The molecule has 0 radical (unpaired) electrons. The van der Waals surface area contributed by atoms with E-state index in [0.717, 1.165) is 13.2 Å². The molecule has 0 saturated carbocycles. The quantitative estimate of drug-likeness (QED) is 0.716. The normalized spacial score (nSPS) is 10.1. The van der Waals surface area contributed by atoms with Gasteiger partial charge in [-0.2, -0.15) is 0 Å². The lowest BCUT2D eigenvalue weighted by Gasteiger charge is -2.09. The first-order valence-electron chi connectivity index (χ1n) is 4.54. The van der Waals surface area contributed by atoms with Gasteiger partial charge in [-0.1, -0.05) is 17.7 Å². The lowest BCUT2D eigenvalue weighted by molar-refractivity contribution is 0.211. The van der Waals surface area contributed by atoms with Crippen molar-refractivity contribution >= 4 is 5.69 Å². The van der Waals surface area contributed by atoms with Gasteiger partial charge in [0.1, 0.15) is 0 Å². The summed E-state index contributed by atoms with van der Waals surface area (Å²) in [6.07, 6.45) is 0. The minimum atomic E-state index is 0.743. The minimum absolute atomic E-state index is 0.743. The van der Waals surface area contributed by atoms with Crippen LogP contribution in [-0.4, -0.2) is 20.3 Å². The van der Waals surface area contributed by atoms with Crippen molar-refractivity contribution in [1.82, 2.24) is 0 Å². The molecule has 0 spiro atoms. The maximum absolute atomic E-state index is 4.96. The Balaban J connectivity index is 2.56. The summed E-state index contributed by atoms with van der Waals surface area (Å²) in [5.74, 6) is 0. The van der Waals surface area contributed by atoms with Crippen LogP contribution in [0.1, 0.15) is 11.1 Å². The Morgan fingerprint density at radius 2 is 2.08 bits per heavy atom. The summed E-state index contributed by atoms with van der Waals surface area (Å²) in [6, 6.07) is 6.40. The predicted octanol–water partition coefficient (Wildman–Crippen LogP) is 2.36. The number of ether oxygens (including phenoxy) is 1. The molecule has 1 N–H and O–H groups in total. The number of hydrogen-bond acceptors (Lipinski definition) is 2. The molecule has 0 fully saturated rings. The van der Waals surface area contributed by atoms with E-state index < -0.39 is 0 Å².